The average Bonchev–Trinajstić information content (AvgIpc) is 2.63. The van der Waals surface area contributed by atoms with Crippen LogP contribution in [-0.4, -0.2) is 36.4 Å². The van der Waals surface area contributed by atoms with Crippen molar-refractivity contribution in [3.05, 3.63) is 12.4 Å². The molecule has 0 aliphatic rings. The van der Waals surface area contributed by atoms with Crippen LogP contribution in [0.3, 0.4) is 0 Å². The molecule has 0 aromatic carbocycles. The molecular formula is C7H11N3O5S. The first-order valence-corrected chi connectivity index (χ1v) is 5.73. The molecule has 0 fully saturated rings. The van der Waals surface area contributed by atoms with Crippen LogP contribution < -0.4 is 4.89 Å². The number of aryl methyl sites for hydroxylation is 1. The molecule has 0 spiro atoms. The molecule has 1 heterocycles. The first-order chi connectivity index (χ1) is 7.45. The Hall–Kier alpha value is -1.45. The maximum absolute atomic E-state index is 11.4. The van der Waals surface area contributed by atoms with Crippen molar-refractivity contribution in [3.8, 4) is 0 Å². The fourth-order valence-electron chi connectivity index (χ4n) is 0.974. The van der Waals surface area contributed by atoms with Crippen molar-refractivity contribution in [3.63, 3.8) is 0 Å². The number of hydrogen-bond acceptors (Lipinski definition) is 5. The number of sulfonamides is 1. The van der Waals surface area contributed by atoms with Crippen LogP contribution in [0.1, 0.15) is 6.42 Å². The van der Waals surface area contributed by atoms with E-state index in [1.54, 1.807) is 0 Å². The maximum Gasteiger partial charge on any atom is 0.305 e. The normalized spacial score (nSPS) is 11.6. The minimum absolute atomic E-state index is 0.0836. The van der Waals surface area contributed by atoms with Crippen LogP contribution in [0.25, 0.3) is 0 Å². The lowest BCUT2D eigenvalue weighted by Gasteiger charge is -2.00. The Kier molecular flexibility index (Phi) is 3.99. The second-order valence-electron chi connectivity index (χ2n) is 2.87. The number of nitrogens with one attached hydrogen (secondary N) is 1. The van der Waals surface area contributed by atoms with Crippen molar-refractivity contribution in [1.29, 1.82) is 0 Å². The Morgan fingerprint density at radius 2 is 2.38 bits per heavy atom. The minimum Gasteiger partial charge on any atom is -0.481 e. The highest BCUT2D eigenvalue weighted by molar-refractivity contribution is 7.89. The van der Waals surface area contributed by atoms with E-state index >= 15 is 0 Å². The van der Waals surface area contributed by atoms with Crippen LogP contribution in [0.4, 0.5) is 0 Å². The molecule has 0 saturated carbocycles. The van der Waals surface area contributed by atoms with Crippen LogP contribution in [0.5, 0.6) is 0 Å². The molecule has 0 radical (unpaired) electrons. The van der Waals surface area contributed by atoms with Crippen LogP contribution >= 0.6 is 0 Å². The molecule has 0 bridgehead atoms. The Balaban J connectivity index is 2.75. The molecule has 0 saturated heterocycles. The molecule has 0 aliphatic carbocycles. The van der Waals surface area contributed by atoms with Gasteiger partial charge < -0.3 is 5.11 Å². The lowest BCUT2D eigenvalue weighted by atomic mass is 10.4. The van der Waals surface area contributed by atoms with E-state index in [2.05, 4.69) is 9.94 Å². The zero-order chi connectivity index (χ0) is 12.2. The quantitative estimate of drug-likeness (QED) is 0.638. The molecule has 0 unspecified atom stereocenters. The van der Waals surface area contributed by atoms with E-state index in [4.69, 9.17) is 5.11 Å². The van der Waals surface area contributed by atoms with Gasteiger partial charge in [0.1, 0.15) is 4.90 Å². The van der Waals surface area contributed by atoms with Crippen molar-refractivity contribution in [2.45, 2.75) is 17.9 Å². The molecular weight excluding hydrogens is 238 g/mol. The van der Waals surface area contributed by atoms with Crippen LogP contribution in [-0.2, 0) is 26.2 Å². The summed E-state index contributed by atoms with van der Waals surface area (Å²) in [5.74, 6) is -0.977. The Labute approximate surface area is 91.8 Å². The summed E-state index contributed by atoms with van der Waals surface area (Å²) in [4.78, 5) is 16.3. The van der Waals surface area contributed by atoms with Crippen molar-refractivity contribution in [1.82, 2.24) is 14.7 Å². The van der Waals surface area contributed by atoms with Crippen molar-refractivity contribution >= 4 is 16.0 Å². The van der Waals surface area contributed by atoms with Gasteiger partial charge in [-0.25, -0.2) is 8.42 Å². The number of carboxylic acid groups (broad SMARTS) is 1. The molecule has 90 valence electrons. The number of carboxylic acids is 1. The molecule has 2 N–H and O–H groups in total. The second kappa shape index (κ2) is 5.05. The van der Waals surface area contributed by atoms with E-state index in [1.165, 1.54) is 18.0 Å². The van der Waals surface area contributed by atoms with E-state index in [9.17, 15) is 13.2 Å². The summed E-state index contributed by atoms with van der Waals surface area (Å²) < 4.78 is 24.0. The highest BCUT2D eigenvalue weighted by atomic mass is 32.2. The van der Waals surface area contributed by atoms with E-state index in [0.29, 0.717) is 0 Å². The van der Waals surface area contributed by atoms with Crippen LogP contribution in [0.2, 0.25) is 0 Å². The standard InChI is InChI=1S/C7H11N3O5S/c1-15-9-16(13,14)6-4-8-10(5-6)3-2-7(11)12/h4-5,9H,2-3H2,1H3,(H,11,12). The number of rotatable bonds is 6. The Morgan fingerprint density at radius 3 is 2.94 bits per heavy atom. The van der Waals surface area contributed by atoms with E-state index < -0.39 is 16.0 Å². The molecule has 9 heteroatoms. The first kappa shape index (κ1) is 12.6. The highest BCUT2D eigenvalue weighted by Gasteiger charge is 2.16. The van der Waals surface area contributed by atoms with Crippen molar-refractivity contribution in [2.24, 2.45) is 0 Å². The summed E-state index contributed by atoms with van der Waals surface area (Å²) in [6, 6.07) is 0. The summed E-state index contributed by atoms with van der Waals surface area (Å²) in [7, 11) is -2.56. The lowest BCUT2D eigenvalue weighted by Crippen LogP contribution is -2.21. The zero-order valence-electron chi connectivity index (χ0n) is 8.45. The number of hydrogen-bond donors (Lipinski definition) is 2. The maximum atomic E-state index is 11.4. The van der Waals surface area contributed by atoms with Gasteiger partial charge in [-0.2, -0.15) is 5.10 Å². The SMILES string of the molecule is CONS(=O)(=O)c1cnn(CCC(=O)O)c1. The zero-order valence-corrected chi connectivity index (χ0v) is 9.27. The summed E-state index contributed by atoms with van der Waals surface area (Å²) in [6.07, 6.45) is 2.21. The molecule has 0 aliphatic heterocycles. The third-order valence-electron chi connectivity index (χ3n) is 1.67. The van der Waals surface area contributed by atoms with Crippen molar-refractivity contribution < 1.29 is 23.2 Å². The highest BCUT2D eigenvalue weighted by Crippen LogP contribution is 2.06. The molecule has 1 rings (SSSR count). The summed E-state index contributed by atoms with van der Waals surface area (Å²) in [6.45, 7) is 0.109. The molecule has 16 heavy (non-hydrogen) atoms. The van der Waals surface area contributed by atoms with Crippen molar-refractivity contribution in [2.75, 3.05) is 7.11 Å². The molecule has 8 nitrogen and oxygen atoms in total. The van der Waals surface area contributed by atoms with Gasteiger partial charge in [0.15, 0.2) is 0 Å². The number of aliphatic carboxylic acids is 1. The van der Waals surface area contributed by atoms with E-state index in [0.717, 1.165) is 6.20 Å². The monoisotopic (exact) mass is 249 g/mol. The fraction of sp³-hybridized carbons (Fsp3) is 0.429. The van der Waals surface area contributed by atoms with Gasteiger partial charge in [0, 0.05) is 6.20 Å². The van der Waals surface area contributed by atoms with Gasteiger partial charge in [0.2, 0.25) is 0 Å². The number of aromatic nitrogens is 2. The van der Waals surface area contributed by atoms with Gasteiger partial charge in [0.25, 0.3) is 10.0 Å². The third-order valence-corrected chi connectivity index (χ3v) is 2.89. The van der Waals surface area contributed by atoms with E-state index in [-0.39, 0.29) is 17.9 Å². The third kappa shape index (κ3) is 3.29. The van der Waals surface area contributed by atoms with Gasteiger partial charge in [-0.1, -0.05) is 4.89 Å². The lowest BCUT2D eigenvalue weighted by molar-refractivity contribution is -0.137. The van der Waals surface area contributed by atoms with Crippen LogP contribution in [0.15, 0.2) is 17.3 Å². The van der Waals surface area contributed by atoms with E-state index in [1.807, 2.05) is 4.89 Å². The molecule has 0 amide bonds. The number of nitrogens with zero attached hydrogens (tertiary/aromatic N) is 2. The smallest absolute Gasteiger partial charge is 0.305 e. The predicted molar refractivity (Wildman–Crippen MR) is 51.8 cm³/mol. The molecule has 0 atom stereocenters. The topological polar surface area (TPSA) is 111 Å². The van der Waals surface area contributed by atoms with Gasteiger partial charge in [-0.3, -0.25) is 14.3 Å². The average molecular weight is 249 g/mol. The minimum atomic E-state index is -3.73. The van der Waals surface area contributed by atoms with Crippen LogP contribution in [0, 0.1) is 0 Å². The summed E-state index contributed by atoms with van der Waals surface area (Å²) in [5, 5.41) is 12.1. The first-order valence-electron chi connectivity index (χ1n) is 4.25. The Bertz CT molecular complexity index is 466. The fourth-order valence-corrected chi connectivity index (χ4v) is 1.74. The molecule has 1 aromatic rings. The summed E-state index contributed by atoms with van der Waals surface area (Å²) in [5.41, 5.74) is 0. The summed E-state index contributed by atoms with van der Waals surface area (Å²) >= 11 is 0. The largest absolute Gasteiger partial charge is 0.481 e. The van der Waals surface area contributed by atoms with Gasteiger partial charge in [-0.05, 0) is 0 Å². The van der Waals surface area contributed by atoms with Gasteiger partial charge in [-0.15, -0.1) is 0 Å². The molecule has 1 aromatic heterocycles. The predicted octanol–water partition coefficient (Wildman–Crippen LogP) is -0.802. The Morgan fingerprint density at radius 1 is 1.69 bits per heavy atom. The van der Waals surface area contributed by atoms with Gasteiger partial charge in [0.05, 0.1) is 26.3 Å². The number of carbonyl (C=O) groups is 1. The second-order valence-corrected chi connectivity index (χ2v) is 4.52. The van der Waals surface area contributed by atoms with Gasteiger partial charge >= 0.3 is 5.97 Å².